The van der Waals surface area contributed by atoms with Crippen LogP contribution < -0.4 is 4.74 Å². The Morgan fingerprint density at radius 2 is 1.73 bits per heavy atom. The van der Waals surface area contributed by atoms with Crippen molar-refractivity contribution in [2.75, 3.05) is 6.54 Å². The molecule has 6 nitrogen and oxygen atoms in total. The molecular formula is C23H17NO5S. The monoisotopic (exact) mass is 419 g/mol. The summed E-state index contributed by atoms with van der Waals surface area (Å²) in [7, 11) is 0. The van der Waals surface area contributed by atoms with Crippen LogP contribution in [0.5, 0.6) is 5.75 Å². The molecule has 1 heterocycles. The molecule has 150 valence electrons. The van der Waals surface area contributed by atoms with Crippen molar-refractivity contribution in [3.8, 4) is 5.75 Å². The first-order chi connectivity index (χ1) is 14.5. The predicted octanol–water partition coefficient (Wildman–Crippen LogP) is 4.54. The van der Waals surface area contributed by atoms with Crippen molar-refractivity contribution in [3.63, 3.8) is 0 Å². The maximum atomic E-state index is 12.2. The van der Waals surface area contributed by atoms with Crippen LogP contribution >= 0.6 is 11.8 Å². The SMILES string of the molecule is O=C(O)CN1C(=O)S/C(=C/c2ccc(OCc3ccc4ccccc4c3)cc2)C1=O. The van der Waals surface area contributed by atoms with E-state index in [1.165, 1.54) is 5.39 Å². The molecule has 7 heteroatoms. The molecular weight excluding hydrogens is 402 g/mol. The van der Waals surface area contributed by atoms with Gasteiger partial charge in [0.1, 0.15) is 18.9 Å². The highest BCUT2D eigenvalue weighted by Gasteiger charge is 2.36. The smallest absolute Gasteiger partial charge is 0.323 e. The molecule has 2 amide bonds. The molecule has 1 saturated heterocycles. The lowest BCUT2D eigenvalue weighted by Gasteiger charge is -2.08. The van der Waals surface area contributed by atoms with Gasteiger partial charge in [-0.25, -0.2) is 0 Å². The van der Waals surface area contributed by atoms with Gasteiger partial charge >= 0.3 is 5.97 Å². The van der Waals surface area contributed by atoms with E-state index in [9.17, 15) is 14.4 Å². The summed E-state index contributed by atoms with van der Waals surface area (Å²) in [6.07, 6.45) is 1.57. The fraction of sp³-hybridized carbons (Fsp3) is 0.0870. The Balaban J connectivity index is 1.41. The normalized spacial score (nSPS) is 15.2. The number of carbonyl (C=O) groups excluding carboxylic acids is 2. The van der Waals surface area contributed by atoms with Gasteiger partial charge in [0.05, 0.1) is 4.91 Å². The highest BCUT2D eigenvalue weighted by atomic mass is 32.2. The van der Waals surface area contributed by atoms with Crippen molar-refractivity contribution in [1.29, 1.82) is 0 Å². The minimum atomic E-state index is -1.23. The number of nitrogens with zero attached hydrogens (tertiary/aromatic N) is 1. The van der Waals surface area contributed by atoms with Crippen molar-refractivity contribution in [1.82, 2.24) is 4.90 Å². The molecule has 0 unspecified atom stereocenters. The number of imide groups is 1. The van der Waals surface area contributed by atoms with E-state index in [1.54, 1.807) is 30.3 Å². The van der Waals surface area contributed by atoms with Gasteiger partial charge in [-0.2, -0.15) is 0 Å². The summed E-state index contributed by atoms with van der Waals surface area (Å²) in [4.78, 5) is 35.7. The van der Waals surface area contributed by atoms with E-state index in [-0.39, 0.29) is 4.91 Å². The summed E-state index contributed by atoms with van der Waals surface area (Å²) >= 11 is 0.735. The first-order valence-electron chi connectivity index (χ1n) is 9.17. The van der Waals surface area contributed by atoms with E-state index in [1.807, 2.05) is 18.2 Å². The number of amides is 2. The summed E-state index contributed by atoms with van der Waals surface area (Å²) in [5.74, 6) is -1.14. The molecule has 1 N–H and O–H groups in total. The minimum Gasteiger partial charge on any atom is -0.489 e. The van der Waals surface area contributed by atoms with Crippen LogP contribution in [0, 0.1) is 0 Å². The van der Waals surface area contributed by atoms with Gasteiger partial charge in [0.15, 0.2) is 0 Å². The molecule has 1 aliphatic heterocycles. The number of hydrogen-bond donors (Lipinski definition) is 1. The number of aliphatic carboxylic acids is 1. The second-order valence-electron chi connectivity index (χ2n) is 6.70. The predicted molar refractivity (Wildman–Crippen MR) is 115 cm³/mol. The van der Waals surface area contributed by atoms with E-state index >= 15 is 0 Å². The van der Waals surface area contributed by atoms with Crippen LogP contribution in [0.1, 0.15) is 11.1 Å². The average Bonchev–Trinajstić information content (AvgIpc) is 3.00. The number of ether oxygens (including phenoxy) is 1. The van der Waals surface area contributed by atoms with Crippen LogP contribution in [0.15, 0.2) is 71.6 Å². The third kappa shape index (κ3) is 4.36. The van der Waals surface area contributed by atoms with Gasteiger partial charge in [-0.1, -0.05) is 48.5 Å². The first-order valence-corrected chi connectivity index (χ1v) is 9.99. The maximum Gasteiger partial charge on any atom is 0.323 e. The van der Waals surface area contributed by atoms with Gasteiger partial charge < -0.3 is 9.84 Å². The Hall–Kier alpha value is -3.58. The molecule has 0 spiro atoms. The number of carboxylic acid groups (broad SMARTS) is 1. The van der Waals surface area contributed by atoms with Crippen LogP contribution in [0.2, 0.25) is 0 Å². The van der Waals surface area contributed by atoms with Crippen LogP contribution in [0.25, 0.3) is 16.8 Å². The molecule has 1 aliphatic rings. The molecule has 1 fully saturated rings. The summed E-state index contributed by atoms with van der Waals surface area (Å²) in [6, 6.07) is 21.5. The lowest BCUT2D eigenvalue weighted by molar-refractivity contribution is -0.140. The number of rotatable bonds is 6. The van der Waals surface area contributed by atoms with Gasteiger partial charge in [-0.3, -0.25) is 19.3 Å². The maximum absolute atomic E-state index is 12.2. The van der Waals surface area contributed by atoms with E-state index < -0.39 is 23.7 Å². The summed E-state index contributed by atoms with van der Waals surface area (Å²) in [5.41, 5.74) is 1.78. The van der Waals surface area contributed by atoms with E-state index in [0.29, 0.717) is 17.9 Å². The number of fused-ring (bicyclic) bond motifs is 1. The van der Waals surface area contributed by atoms with Crippen LogP contribution in [-0.4, -0.2) is 33.7 Å². The zero-order valence-corrected chi connectivity index (χ0v) is 16.6. The number of benzene rings is 3. The second-order valence-corrected chi connectivity index (χ2v) is 7.69. The molecule has 0 bridgehead atoms. The highest BCUT2D eigenvalue weighted by Crippen LogP contribution is 2.32. The fourth-order valence-electron chi connectivity index (χ4n) is 3.08. The number of carbonyl (C=O) groups is 3. The third-order valence-electron chi connectivity index (χ3n) is 4.56. The zero-order valence-electron chi connectivity index (χ0n) is 15.8. The molecule has 4 rings (SSSR count). The molecule has 3 aromatic rings. The van der Waals surface area contributed by atoms with E-state index in [2.05, 4.69) is 24.3 Å². The lowest BCUT2D eigenvalue weighted by atomic mass is 10.1. The Morgan fingerprint density at radius 3 is 2.47 bits per heavy atom. The van der Waals surface area contributed by atoms with Crippen molar-refractivity contribution in [2.45, 2.75) is 6.61 Å². The highest BCUT2D eigenvalue weighted by molar-refractivity contribution is 8.18. The van der Waals surface area contributed by atoms with E-state index in [0.717, 1.165) is 27.6 Å². The Morgan fingerprint density at radius 1 is 1.00 bits per heavy atom. The first kappa shape index (κ1) is 19.7. The van der Waals surface area contributed by atoms with Crippen molar-refractivity contribution in [2.24, 2.45) is 0 Å². The molecule has 30 heavy (non-hydrogen) atoms. The van der Waals surface area contributed by atoms with Crippen molar-refractivity contribution < 1.29 is 24.2 Å². The fourth-order valence-corrected chi connectivity index (χ4v) is 3.92. The standard InChI is InChI=1S/C23H17NO5S/c25-21(26)13-24-22(27)20(30-23(24)28)12-15-6-9-19(10-7-15)29-14-16-5-8-17-3-1-2-4-18(17)11-16/h1-12H,13-14H2,(H,25,26)/b20-12+. The quantitative estimate of drug-likeness (QED) is 0.591. The lowest BCUT2D eigenvalue weighted by Crippen LogP contribution is -2.33. The van der Waals surface area contributed by atoms with Gasteiger partial charge in [0.2, 0.25) is 0 Å². The molecule has 0 radical (unpaired) electrons. The summed E-state index contributed by atoms with van der Waals surface area (Å²) < 4.78 is 5.84. The van der Waals surface area contributed by atoms with Gasteiger partial charge in [-0.15, -0.1) is 0 Å². The average molecular weight is 419 g/mol. The Kier molecular flexibility index (Phi) is 5.54. The topological polar surface area (TPSA) is 83.9 Å². The number of hydrogen-bond acceptors (Lipinski definition) is 5. The van der Waals surface area contributed by atoms with Gasteiger partial charge in [0.25, 0.3) is 11.1 Å². The molecule has 0 aliphatic carbocycles. The molecule has 0 atom stereocenters. The van der Waals surface area contributed by atoms with Crippen molar-refractivity contribution >= 4 is 45.7 Å². The summed E-state index contributed by atoms with van der Waals surface area (Å²) in [6.45, 7) is -0.207. The minimum absolute atomic E-state index is 0.200. The Labute approximate surface area is 176 Å². The second kappa shape index (κ2) is 8.42. The number of carboxylic acids is 1. The van der Waals surface area contributed by atoms with Gasteiger partial charge in [0, 0.05) is 0 Å². The Bertz CT molecular complexity index is 1170. The van der Waals surface area contributed by atoms with Crippen LogP contribution in [-0.2, 0) is 16.2 Å². The molecule has 0 saturated carbocycles. The third-order valence-corrected chi connectivity index (χ3v) is 5.47. The summed E-state index contributed by atoms with van der Waals surface area (Å²) in [5, 5.41) is 10.6. The van der Waals surface area contributed by atoms with Crippen LogP contribution in [0.4, 0.5) is 4.79 Å². The number of thioether (sulfide) groups is 1. The zero-order chi connectivity index (χ0) is 21.1. The van der Waals surface area contributed by atoms with E-state index in [4.69, 9.17) is 9.84 Å². The van der Waals surface area contributed by atoms with Crippen LogP contribution in [0.3, 0.4) is 0 Å². The largest absolute Gasteiger partial charge is 0.489 e. The van der Waals surface area contributed by atoms with Gasteiger partial charge in [-0.05, 0) is 57.9 Å². The van der Waals surface area contributed by atoms with Crippen molar-refractivity contribution in [3.05, 3.63) is 82.8 Å². The molecule has 0 aromatic heterocycles. The molecule has 3 aromatic carbocycles.